The van der Waals surface area contributed by atoms with Crippen LogP contribution in [0.25, 0.3) is 11.3 Å². The third-order valence-corrected chi connectivity index (χ3v) is 5.63. The van der Waals surface area contributed by atoms with Gasteiger partial charge in [-0.3, -0.25) is 4.90 Å². The molecular formula is C22H22F3N3O2S. The smallest absolute Gasteiger partial charge is 0.417 e. The maximum atomic E-state index is 13.7. The molecule has 5 nitrogen and oxygen atoms in total. The van der Waals surface area contributed by atoms with Crippen LogP contribution in [-0.4, -0.2) is 55.1 Å². The Hall–Kier alpha value is -2.54. The summed E-state index contributed by atoms with van der Waals surface area (Å²) in [5, 5.41) is 9.53. The minimum absolute atomic E-state index is 0.0903. The van der Waals surface area contributed by atoms with Crippen LogP contribution < -0.4 is 4.74 Å². The van der Waals surface area contributed by atoms with Gasteiger partial charge in [0, 0.05) is 31.0 Å². The molecule has 2 heterocycles. The molecule has 1 fully saturated rings. The number of nitriles is 1. The summed E-state index contributed by atoms with van der Waals surface area (Å²) in [4.78, 5) is 6.58. The van der Waals surface area contributed by atoms with Crippen LogP contribution in [0.5, 0.6) is 5.75 Å². The van der Waals surface area contributed by atoms with Gasteiger partial charge in [0.25, 0.3) is 0 Å². The van der Waals surface area contributed by atoms with Crippen LogP contribution in [0.4, 0.5) is 13.2 Å². The van der Waals surface area contributed by atoms with Gasteiger partial charge in [0.05, 0.1) is 30.0 Å². The van der Waals surface area contributed by atoms with Gasteiger partial charge in [-0.2, -0.15) is 18.4 Å². The Morgan fingerprint density at radius 2 is 1.97 bits per heavy atom. The highest BCUT2D eigenvalue weighted by molar-refractivity contribution is 7.99. The van der Waals surface area contributed by atoms with Crippen molar-refractivity contribution in [1.29, 1.82) is 5.26 Å². The van der Waals surface area contributed by atoms with Crippen molar-refractivity contribution in [2.45, 2.75) is 11.2 Å². The SMILES string of the molecule is C=CCOc1ccc(-c2cc(C(F)(F)F)c(C#N)c(SCCN3CCOCC3)n2)cc1. The van der Waals surface area contributed by atoms with Crippen LogP contribution in [0, 0.1) is 11.3 Å². The molecule has 0 saturated carbocycles. The van der Waals surface area contributed by atoms with Crippen molar-refractivity contribution in [1.82, 2.24) is 9.88 Å². The van der Waals surface area contributed by atoms with Gasteiger partial charge in [0.15, 0.2) is 0 Å². The number of hydrogen-bond donors (Lipinski definition) is 0. The van der Waals surface area contributed by atoms with Crippen LogP contribution in [0.3, 0.4) is 0 Å². The fraction of sp³-hybridized carbons (Fsp3) is 0.364. The van der Waals surface area contributed by atoms with Crippen LogP contribution in [0.1, 0.15) is 11.1 Å². The highest BCUT2D eigenvalue weighted by Crippen LogP contribution is 2.38. The largest absolute Gasteiger partial charge is 0.490 e. The number of halogens is 3. The van der Waals surface area contributed by atoms with Gasteiger partial charge in [-0.05, 0) is 30.3 Å². The van der Waals surface area contributed by atoms with Gasteiger partial charge in [-0.1, -0.05) is 12.7 Å². The molecule has 1 aromatic carbocycles. The minimum atomic E-state index is -4.66. The van der Waals surface area contributed by atoms with E-state index in [1.54, 1.807) is 36.4 Å². The highest BCUT2D eigenvalue weighted by Gasteiger charge is 2.36. The quantitative estimate of drug-likeness (QED) is 0.433. The molecule has 1 saturated heterocycles. The summed E-state index contributed by atoms with van der Waals surface area (Å²) in [5.74, 6) is 1.10. The van der Waals surface area contributed by atoms with E-state index in [-0.39, 0.29) is 10.7 Å². The zero-order valence-corrected chi connectivity index (χ0v) is 17.6. The molecule has 0 atom stereocenters. The number of alkyl halides is 3. The number of benzene rings is 1. The summed E-state index contributed by atoms with van der Waals surface area (Å²) in [5.41, 5.74) is -0.735. The standard InChI is InChI=1S/C22H22F3N3O2S/c1-2-10-30-17-5-3-16(4-6-17)20-14-19(22(23,24)25)18(15-26)21(27-20)31-13-9-28-7-11-29-12-8-28/h2-6,14H,1,7-13H2. The molecule has 0 spiro atoms. The second kappa shape index (κ2) is 10.7. The Bertz CT molecular complexity index is 937. The lowest BCUT2D eigenvalue weighted by Gasteiger charge is -2.26. The Morgan fingerprint density at radius 3 is 2.58 bits per heavy atom. The average molecular weight is 449 g/mol. The highest BCUT2D eigenvalue weighted by atomic mass is 32.2. The monoisotopic (exact) mass is 449 g/mol. The molecule has 164 valence electrons. The lowest BCUT2D eigenvalue weighted by molar-refractivity contribution is -0.138. The molecule has 31 heavy (non-hydrogen) atoms. The summed E-state index contributed by atoms with van der Waals surface area (Å²) in [6.07, 6.45) is -3.05. The maximum absolute atomic E-state index is 13.7. The van der Waals surface area contributed by atoms with E-state index in [2.05, 4.69) is 16.5 Å². The summed E-state index contributed by atoms with van der Waals surface area (Å²) in [7, 11) is 0. The molecule has 0 bridgehead atoms. The number of thioether (sulfide) groups is 1. The van der Waals surface area contributed by atoms with E-state index in [9.17, 15) is 18.4 Å². The molecule has 1 aliphatic heterocycles. The summed E-state index contributed by atoms with van der Waals surface area (Å²) >= 11 is 1.17. The molecule has 3 rings (SSSR count). The number of hydrogen-bond acceptors (Lipinski definition) is 6. The topological polar surface area (TPSA) is 58.4 Å². The van der Waals surface area contributed by atoms with Gasteiger partial charge in [-0.25, -0.2) is 4.98 Å². The van der Waals surface area contributed by atoms with Crippen molar-refractivity contribution < 1.29 is 22.6 Å². The van der Waals surface area contributed by atoms with Gasteiger partial charge in [-0.15, -0.1) is 11.8 Å². The molecule has 0 amide bonds. The molecule has 1 aromatic heterocycles. The number of morpholine rings is 1. The lowest BCUT2D eigenvalue weighted by atomic mass is 10.1. The normalized spacial score (nSPS) is 14.8. The van der Waals surface area contributed by atoms with Gasteiger partial charge in [0.2, 0.25) is 0 Å². The predicted octanol–water partition coefficient (Wildman–Crippen LogP) is 4.63. The molecule has 9 heteroatoms. The third-order valence-electron chi connectivity index (χ3n) is 4.67. The molecule has 1 aliphatic rings. The fourth-order valence-corrected chi connectivity index (χ4v) is 4.08. The first-order valence-corrected chi connectivity index (χ1v) is 10.7. The average Bonchev–Trinajstić information content (AvgIpc) is 2.77. The van der Waals surface area contributed by atoms with Gasteiger partial charge >= 0.3 is 6.18 Å². The molecule has 2 aromatic rings. The molecular weight excluding hydrogens is 427 g/mol. The number of ether oxygens (including phenoxy) is 2. The number of pyridine rings is 1. The van der Waals surface area contributed by atoms with E-state index in [1.165, 1.54) is 11.8 Å². The van der Waals surface area contributed by atoms with Crippen molar-refractivity contribution >= 4 is 11.8 Å². The van der Waals surface area contributed by atoms with E-state index in [0.717, 1.165) is 19.2 Å². The first-order valence-electron chi connectivity index (χ1n) is 9.71. The Morgan fingerprint density at radius 1 is 1.26 bits per heavy atom. The van der Waals surface area contributed by atoms with Crippen LogP contribution >= 0.6 is 11.8 Å². The summed E-state index contributed by atoms with van der Waals surface area (Å²) in [6, 6.07) is 9.26. The zero-order valence-electron chi connectivity index (χ0n) is 16.8. The minimum Gasteiger partial charge on any atom is -0.490 e. The van der Waals surface area contributed by atoms with Crippen LogP contribution in [0.2, 0.25) is 0 Å². The predicted molar refractivity (Wildman–Crippen MR) is 113 cm³/mol. The van der Waals surface area contributed by atoms with Crippen molar-refractivity contribution in [2.75, 3.05) is 45.2 Å². The van der Waals surface area contributed by atoms with E-state index in [1.807, 2.05) is 0 Å². The maximum Gasteiger partial charge on any atom is 0.417 e. The zero-order chi connectivity index (χ0) is 22.3. The van der Waals surface area contributed by atoms with E-state index < -0.39 is 17.3 Å². The van der Waals surface area contributed by atoms with Crippen molar-refractivity contribution in [3.63, 3.8) is 0 Å². The van der Waals surface area contributed by atoms with E-state index >= 15 is 0 Å². The lowest BCUT2D eigenvalue weighted by Crippen LogP contribution is -2.37. The number of rotatable bonds is 8. The number of nitrogens with zero attached hydrogens (tertiary/aromatic N) is 3. The Kier molecular flexibility index (Phi) is 7.96. The first kappa shape index (κ1) is 23.1. The van der Waals surface area contributed by atoms with Gasteiger partial charge < -0.3 is 9.47 Å². The van der Waals surface area contributed by atoms with Crippen LogP contribution in [-0.2, 0) is 10.9 Å². The van der Waals surface area contributed by atoms with Crippen LogP contribution in [0.15, 0.2) is 48.0 Å². The van der Waals surface area contributed by atoms with E-state index in [0.29, 0.717) is 43.4 Å². The third kappa shape index (κ3) is 6.23. The second-order valence-electron chi connectivity index (χ2n) is 6.77. The summed E-state index contributed by atoms with van der Waals surface area (Å²) in [6.45, 7) is 7.45. The molecule has 0 aliphatic carbocycles. The summed E-state index contributed by atoms with van der Waals surface area (Å²) < 4.78 is 51.8. The van der Waals surface area contributed by atoms with E-state index in [4.69, 9.17) is 9.47 Å². The van der Waals surface area contributed by atoms with Crippen molar-refractivity contribution in [2.24, 2.45) is 0 Å². The van der Waals surface area contributed by atoms with Gasteiger partial charge in [0.1, 0.15) is 23.5 Å². The molecule has 0 radical (unpaired) electrons. The molecule has 0 unspecified atom stereocenters. The Balaban J connectivity index is 1.87. The second-order valence-corrected chi connectivity index (χ2v) is 7.85. The van der Waals surface area contributed by atoms with Crippen molar-refractivity contribution in [3.05, 3.63) is 54.1 Å². The fourth-order valence-electron chi connectivity index (χ4n) is 3.08. The first-order chi connectivity index (χ1) is 14.9. The Labute approximate surface area is 183 Å². The number of aromatic nitrogens is 1. The molecule has 0 N–H and O–H groups in total. The van der Waals surface area contributed by atoms with Crippen molar-refractivity contribution in [3.8, 4) is 23.1 Å².